The van der Waals surface area contributed by atoms with E-state index in [0.717, 1.165) is 21.6 Å². The summed E-state index contributed by atoms with van der Waals surface area (Å²) in [7, 11) is 0. The van der Waals surface area contributed by atoms with Crippen molar-refractivity contribution in [1.82, 2.24) is 15.0 Å². The Hall–Kier alpha value is -1.52. The van der Waals surface area contributed by atoms with E-state index in [1.54, 1.807) is 17.5 Å². The van der Waals surface area contributed by atoms with Crippen LogP contribution in [0.15, 0.2) is 30.6 Å². The van der Waals surface area contributed by atoms with Crippen LogP contribution in [0.25, 0.3) is 10.2 Å². The first-order valence-electron chi connectivity index (χ1n) is 5.54. The van der Waals surface area contributed by atoms with Crippen LogP contribution in [0.1, 0.15) is 16.3 Å². The highest BCUT2D eigenvalue weighted by molar-refractivity contribution is 7.18. The van der Waals surface area contributed by atoms with Crippen LogP contribution in [0.2, 0.25) is 5.15 Å². The molecule has 0 radical (unpaired) electrons. The largest absolute Gasteiger partial charge is 0.264 e. The third-order valence-corrected chi connectivity index (χ3v) is 3.83. The molecule has 3 heterocycles. The van der Waals surface area contributed by atoms with E-state index in [1.807, 2.05) is 31.3 Å². The number of aryl methyl sites for hydroxylation is 1. The van der Waals surface area contributed by atoms with Crippen molar-refractivity contribution in [1.29, 1.82) is 0 Å². The van der Waals surface area contributed by atoms with E-state index >= 15 is 0 Å². The number of aromatic nitrogens is 3. The van der Waals surface area contributed by atoms with Crippen LogP contribution in [0.4, 0.5) is 0 Å². The van der Waals surface area contributed by atoms with Crippen molar-refractivity contribution in [2.75, 3.05) is 0 Å². The summed E-state index contributed by atoms with van der Waals surface area (Å²) in [6.07, 6.45) is 4.23. The van der Waals surface area contributed by atoms with Gasteiger partial charge in [0.1, 0.15) is 15.8 Å². The summed E-state index contributed by atoms with van der Waals surface area (Å²) in [5.41, 5.74) is 1.08. The van der Waals surface area contributed by atoms with E-state index in [9.17, 15) is 0 Å². The van der Waals surface area contributed by atoms with Gasteiger partial charge in [-0.3, -0.25) is 4.98 Å². The molecule has 0 atom stereocenters. The third-order valence-electron chi connectivity index (χ3n) is 2.60. The van der Waals surface area contributed by atoms with Crippen molar-refractivity contribution >= 4 is 33.2 Å². The van der Waals surface area contributed by atoms with E-state index in [0.29, 0.717) is 11.6 Å². The molecule has 0 saturated carbocycles. The Labute approximate surface area is 114 Å². The lowest BCUT2D eigenvalue weighted by Crippen LogP contribution is -1.97. The van der Waals surface area contributed by atoms with E-state index in [4.69, 9.17) is 11.6 Å². The molecule has 0 unspecified atom stereocenters. The van der Waals surface area contributed by atoms with Gasteiger partial charge >= 0.3 is 0 Å². The highest BCUT2D eigenvalue weighted by Gasteiger charge is 2.09. The van der Waals surface area contributed by atoms with Gasteiger partial charge in [-0.1, -0.05) is 17.7 Å². The van der Waals surface area contributed by atoms with Crippen LogP contribution in [0, 0.1) is 6.92 Å². The second-order valence-electron chi connectivity index (χ2n) is 4.04. The van der Waals surface area contributed by atoms with Crippen LogP contribution < -0.4 is 0 Å². The molecule has 3 aromatic rings. The molecule has 0 spiro atoms. The lowest BCUT2D eigenvalue weighted by molar-refractivity contribution is 0.988. The number of hydrogen-bond donors (Lipinski definition) is 0. The van der Waals surface area contributed by atoms with Crippen LogP contribution in [-0.4, -0.2) is 15.0 Å². The Morgan fingerprint density at radius 2 is 2.22 bits per heavy atom. The second kappa shape index (κ2) is 4.63. The standard InChI is InChI=1S/C13H10ClN3S/c1-8-5-10-12(14)16-11(17-13(10)18-8)6-9-3-2-4-15-7-9/h2-5,7H,6H2,1H3. The smallest absolute Gasteiger partial charge is 0.141 e. The van der Waals surface area contributed by atoms with Gasteiger partial charge in [-0.05, 0) is 24.6 Å². The average Bonchev–Trinajstić information content (AvgIpc) is 2.72. The van der Waals surface area contributed by atoms with E-state index < -0.39 is 0 Å². The Balaban J connectivity index is 2.02. The zero-order valence-electron chi connectivity index (χ0n) is 9.72. The fourth-order valence-corrected chi connectivity index (χ4v) is 3.01. The van der Waals surface area contributed by atoms with Crippen LogP contribution in [0.3, 0.4) is 0 Å². The third kappa shape index (κ3) is 2.21. The normalized spacial score (nSPS) is 11.0. The summed E-state index contributed by atoms with van der Waals surface area (Å²) in [5.74, 6) is 0.738. The van der Waals surface area contributed by atoms with Gasteiger partial charge in [0.25, 0.3) is 0 Å². The summed E-state index contributed by atoms with van der Waals surface area (Å²) in [4.78, 5) is 15.1. The average molecular weight is 276 g/mol. The molecule has 0 fully saturated rings. The molecular weight excluding hydrogens is 266 g/mol. The fourth-order valence-electron chi connectivity index (χ4n) is 1.81. The summed E-state index contributed by atoms with van der Waals surface area (Å²) in [5, 5.41) is 1.47. The predicted octanol–water partition coefficient (Wildman–Crippen LogP) is 3.64. The van der Waals surface area contributed by atoms with Crippen molar-refractivity contribution in [2.45, 2.75) is 13.3 Å². The monoisotopic (exact) mass is 275 g/mol. The van der Waals surface area contributed by atoms with Crippen LogP contribution in [-0.2, 0) is 6.42 Å². The number of fused-ring (bicyclic) bond motifs is 1. The number of thiophene rings is 1. The Bertz CT molecular complexity index is 694. The maximum Gasteiger partial charge on any atom is 0.141 e. The highest BCUT2D eigenvalue weighted by atomic mass is 35.5. The van der Waals surface area contributed by atoms with Gasteiger partial charge in [0.15, 0.2) is 0 Å². The minimum absolute atomic E-state index is 0.531. The van der Waals surface area contributed by atoms with Crippen molar-refractivity contribution in [3.8, 4) is 0 Å². The van der Waals surface area contributed by atoms with E-state index in [1.165, 1.54) is 4.88 Å². The number of halogens is 1. The number of hydrogen-bond acceptors (Lipinski definition) is 4. The van der Waals surface area contributed by atoms with Crippen molar-refractivity contribution < 1.29 is 0 Å². The summed E-state index contributed by atoms with van der Waals surface area (Å²) in [6, 6.07) is 5.94. The minimum atomic E-state index is 0.531. The van der Waals surface area contributed by atoms with Gasteiger partial charge in [-0.15, -0.1) is 11.3 Å². The Morgan fingerprint density at radius 3 is 3.00 bits per heavy atom. The highest BCUT2D eigenvalue weighted by Crippen LogP contribution is 2.28. The lowest BCUT2D eigenvalue weighted by atomic mass is 10.2. The molecule has 0 aliphatic rings. The first-order valence-corrected chi connectivity index (χ1v) is 6.73. The molecule has 0 aliphatic carbocycles. The minimum Gasteiger partial charge on any atom is -0.264 e. The van der Waals surface area contributed by atoms with Crippen LogP contribution >= 0.6 is 22.9 Å². The van der Waals surface area contributed by atoms with Crippen LogP contribution in [0.5, 0.6) is 0 Å². The van der Waals surface area contributed by atoms with Crippen molar-refractivity contribution in [3.05, 3.63) is 52.0 Å². The zero-order valence-corrected chi connectivity index (χ0v) is 11.3. The predicted molar refractivity (Wildman–Crippen MR) is 74.2 cm³/mol. The maximum atomic E-state index is 6.18. The summed E-state index contributed by atoms with van der Waals surface area (Å²) < 4.78 is 0. The maximum absolute atomic E-state index is 6.18. The quantitative estimate of drug-likeness (QED) is 0.670. The Kier molecular flexibility index (Phi) is 2.97. The number of rotatable bonds is 2. The summed E-state index contributed by atoms with van der Waals surface area (Å²) in [6.45, 7) is 2.05. The molecular formula is C13H10ClN3S. The topological polar surface area (TPSA) is 38.7 Å². The molecule has 3 aromatic heterocycles. The number of pyridine rings is 1. The molecule has 0 aromatic carbocycles. The molecule has 0 aliphatic heterocycles. The Morgan fingerprint density at radius 1 is 1.33 bits per heavy atom. The number of nitrogens with zero attached hydrogens (tertiary/aromatic N) is 3. The molecule has 0 bridgehead atoms. The van der Waals surface area contributed by atoms with E-state index in [-0.39, 0.29) is 0 Å². The molecule has 5 heteroatoms. The van der Waals surface area contributed by atoms with Gasteiger partial charge in [-0.2, -0.15) is 0 Å². The van der Waals surface area contributed by atoms with Gasteiger partial charge in [0.05, 0.1) is 0 Å². The molecule has 90 valence electrons. The van der Waals surface area contributed by atoms with Crippen molar-refractivity contribution in [3.63, 3.8) is 0 Å². The summed E-state index contributed by atoms with van der Waals surface area (Å²) >= 11 is 7.82. The lowest BCUT2D eigenvalue weighted by Gasteiger charge is -2.01. The van der Waals surface area contributed by atoms with Gasteiger partial charge < -0.3 is 0 Å². The SMILES string of the molecule is Cc1cc2c(Cl)nc(Cc3cccnc3)nc2s1. The molecule has 0 saturated heterocycles. The zero-order chi connectivity index (χ0) is 12.5. The van der Waals surface area contributed by atoms with Gasteiger partial charge in [0, 0.05) is 29.1 Å². The fraction of sp³-hybridized carbons (Fsp3) is 0.154. The molecule has 18 heavy (non-hydrogen) atoms. The molecule has 3 nitrogen and oxygen atoms in total. The molecule has 3 rings (SSSR count). The first-order chi connectivity index (χ1) is 8.72. The first kappa shape index (κ1) is 11.6. The van der Waals surface area contributed by atoms with Gasteiger partial charge in [-0.25, -0.2) is 9.97 Å². The molecule has 0 N–H and O–H groups in total. The second-order valence-corrected chi connectivity index (χ2v) is 5.64. The molecule has 0 amide bonds. The van der Waals surface area contributed by atoms with Crippen molar-refractivity contribution in [2.24, 2.45) is 0 Å². The van der Waals surface area contributed by atoms with E-state index in [2.05, 4.69) is 15.0 Å². The van der Waals surface area contributed by atoms with Gasteiger partial charge in [0.2, 0.25) is 0 Å².